The third-order valence-electron chi connectivity index (χ3n) is 16.3. The lowest BCUT2D eigenvalue weighted by molar-refractivity contribution is 0.476. The maximum absolute atomic E-state index is 6.76. The highest BCUT2D eigenvalue weighted by Crippen LogP contribution is 2.52. The Kier molecular flexibility index (Phi) is 14.6. The molecule has 0 spiro atoms. The summed E-state index contributed by atoms with van der Waals surface area (Å²) in [4.78, 5) is 2.41. The maximum Gasteiger partial charge on any atom is 0.151 e. The predicted octanol–water partition coefficient (Wildman–Crippen LogP) is 21.9. The van der Waals surface area contributed by atoms with Crippen molar-refractivity contribution < 1.29 is 4.74 Å². The molecule has 0 fully saturated rings. The largest absolute Gasteiger partial charge is 0.453 e. The van der Waals surface area contributed by atoms with Gasteiger partial charge in [0.2, 0.25) is 0 Å². The van der Waals surface area contributed by atoms with Gasteiger partial charge in [0.1, 0.15) is 0 Å². The summed E-state index contributed by atoms with van der Waals surface area (Å²) in [6, 6.07) is 72.0. The van der Waals surface area contributed by atoms with E-state index in [0.29, 0.717) is 23.7 Å². The van der Waals surface area contributed by atoms with Gasteiger partial charge in [0.05, 0.1) is 11.4 Å². The number of benzene rings is 9. The summed E-state index contributed by atoms with van der Waals surface area (Å²) in [5, 5.41) is 0. The Bertz CT molecular complexity index is 3050. The van der Waals surface area contributed by atoms with Crippen LogP contribution < -0.4 is 9.64 Å². The van der Waals surface area contributed by atoms with E-state index >= 15 is 0 Å². The monoisotopic (exact) mass is 968 g/mol. The molecule has 74 heavy (non-hydrogen) atoms. The highest BCUT2D eigenvalue weighted by Gasteiger charge is 2.27. The van der Waals surface area contributed by atoms with E-state index in [1.54, 1.807) is 0 Å². The molecule has 372 valence electrons. The quantitative estimate of drug-likeness (QED) is 0.102. The molecule has 0 N–H and O–H groups in total. The van der Waals surface area contributed by atoms with Crippen LogP contribution in [-0.4, -0.2) is 0 Å². The van der Waals surface area contributed by atoms with Crippen LogP contribution in [0.5, 0.6) is 11.5 Å². The number of hydrogen-bond acceptors (Lipinski definition) is 2. The fraction of sp³-hybridized carbons (Fsp3) is 0.250. The third kappa shape index (κ3) is 10.4. The molecule has 9 aromatic carbocycles. The Morgan fingerprint density at radius 3 is 0.797 bits per heavy atom. The van der Waals surface area contributed by atoms with Crippen LogP contribution in [0, 0.1) is 13.8 Å². The minimum Gasteiger partial charge on any atom is -0.453 e. The second kappa shape index (κ2) is 21.6. The number of anilines is 3. The van der Waals surface area contributed by atoms with Crippen LogP contribution in [-0.2, 0) is 0 Å². The summed E-state index contributed by atoms with van der Waals surface area (Å²) in [6.45, 7) is 22.6. The molecule has 4 atom stereocenters. The number of ether oxygens (including phenoxy) is 1. The van der Waals surface area contributed by atoms with Gasteiger partial charge in [-0.05, 0) is 242 Å². The summed E-state index contributed by atoms with van der Waals surface area (Å²) < 4.78 is 6.76. The molecule has 0 saturated heterocycles. The molecule has 0 radical (unpaired) electrons. The topological polar surface area (TPSA) is 12.5 Å². The van der Waals surface area contributed by atoms with Gasteiger partial charge in [-0.15, -0.1) is 0 Å². The fourth-order valence-electron chi connectivity index (χ4n) is 10.6. The van der Waals surface area contributed by atoms with E-state index in [-0.39, 0.29) is 0 Å². The lowest BCUT2D eigenvalue weighted by atomic mass is 9.88. The van der Waals surface area contributed by atoms with Gasteiger partial charge in [-0.2, -0.15) is 0 Å². The molecule has 0 aliphatic carbocycles. The Labute approximate surface area is 442 Å². The molecule has 9 aromatic rings. The van der Waals surface area contributed by atoms with E-state index in [4.69, 9.17) is 4.74 Å². The zero-order chi connectivity index (χ0) is 51.6. The van der Waals surface area contributed by atoms with Gasteiger partial charge in [0.15, 0.2) is 11.5 Å². The Morgan fingerprint density at radius 2 is 0.541 bits per heavy atom. The van der Waals surface area contributed by atoms with Crippen molar-refractivity contribution in [1.29, 1.82) is 0 Å². The molecule has 10 rings (SSSR count). The number of hydrogen-bond donors (Lipinski definition) is 0. The number of nitrogens with zero attached hydrogens (tertiary/aromatic N) is 1. The first-order valence-corrected chi connectivity index (χ1v) is 27.5. The Morgan fingerprint density at radius 1 is 0.297 bits per heavy atom. The van der Waals surface area contributed by atoms with Gasteiger partial charge in [-0.25, -0.2) is 0 Å². The molecule has 2 nitrogen and oxygen atoms in total. The summed E-state index contributed by atoms with van der Waals surface area (Å²) in [6.07, 6.45) is 4.45. The van der Waals surface area contributed by atoms with E-state index in [1.807, 2.05) is 0 Å². The van der Waals surface area contributed by atoms with Gasteiger partial charge in [0, 0.05) is 5.69 Å². The molecule has 0 bridgehead atoms. The molecule has 0 amide bonds. The maximum atomic E-state index is 6.76. The van der Waals surface area contributed by atoms with Crippen molar-refractivity contribution in [3.05, 3.63) is 221 Å². The molecule has 1 aliphatic heterocycles. The zero-order valence-corrected chi connectivity index (χ0v) is 45.4. The van der Waals surface area contributed by atoms with Crippen molar-refractivity contribution in [2.24, 2.45) is 0 Å². The molecule has 1 heterocycles. The standard InChI is InChI=1S/C72H73NO/c1-11-48(7)52-17-25-56(26-18-52)60-37-61(57-27-19-53(20-28-57)49(8)12-2)40-64(39-60)66-43-67(45-68(44-66)73-69-33-15-46(5)35-71(69)74-72-36-47(6)16-34-70(72)73)65-41-62(58-29-21-54(22-30-58)50(9)13-3)38-63(42-65)59-31-23-55(24-32-59)51(10)14-4/h15-45,48-51H,11-14H2,1-10H3. The van der Waals surface area contributed by atoms with Crippen LogP contribution in [0.2, 0.25) is 0 Å². The minimum absolute atomic E-state index is 0.506. The summed E-state index contributed by atoms with van der Waals surface area (Å²) >= 11 is 0. The highest BCUT2D eigenvalue weighted by molar-refractivity contribution is 5.93. The van der Waals surface area contributed by atoms with Crippen LogP contribution in [0.15, 0.2) is 188 Å². The van der Waals surface area contributed by atoms with E-state index in [1.165, 1.54) is 66.8 Å². The molecule has 1 aliphatic rings. The average molecular weight is 968 g/mol. The van der Waals surface area contributed by atoms with E-state index in [9.17, 15) is 0 Å². The highest BCUT2D eigenvalue weighted by atomic mass is 16.5. The van der Waals surface area contributed by atoms with Gasteiger partial charge in [-0.3, -0.25) is 0 Å². The third-order valence-corrected chi connectivity index (χ3v) is 16.3. The van der Waals surface area contributed by atoms with Crippen molar-refractivity contribution in [3.8, 4) is 78.3 Å². The first-order valence-electron chi connectivity index (χ1n) is 27.5. The van der Waals surface area contributed by atoms with Gasteiger partial charge < -0.3 is 9.64 Å². The average Bonchev–Trinajstić information content (AvgIpc) is 3.45. The summed E-state index contributed by atoms with van der Waals surface area (Å²) in [5.41, 5.74) is 25.2. The van der Waals surface area contributed by atoms with E-state index in [0.717, 1.165) is 87.6 Å². The molecular formula is C72H73NO. The van der Waals surface area contributed by atoms with Gasteiger partial charge >= 0.3 is 0 Å². The predicted molar refractivity (Wildman–Crippen MR) is 318 cm³/mol. The van der Waals surface area contributed by atoms with E-state index < -0.39 is 0 Å². The van der Waals surface area contributed by atoms with Crippen LogP contribution in [0.3, 0.4) is 0 Å². The lowest BCUT2D eigenvalue weighted by Crippen LogP contribution is -2.16. The Balaban J connectivity index is 1.23. The number of aryl methyl sites for hydroxylation is 2. The minimum atomic E-state index is 0.506. The fourth-order valence-corrected chi connectivity index (χ4v) is 10.6. The normalized spacial score (nSPS) is 13.6. The van der Waals surface area contributed by atoms with Crippen molar-refractivity contribution in [3.63, 3.8) is 0 Å². The van der Waals surface area contributed by atoms with Crippen LogP contribution >= 0.6 is 0 Å². The van der Waals surface area contributed by atoms with E-state index in [2.05, 4.69) is 262 Å². The van der Waals surface area contributed by atoms with Crippen LogP contribution in [0.25, 0.3) is 66.8 Å². The zero-order valence-electron chi connectivity index (χ0n) is 45.4. The van der Waals surface area contributed by atoms with Crippen molar-refractivity contribution in [2.45, 2.75) is 119 Å². The Hall–Kier alpha value is -7.42. The van der Waals surface area contributed by atoms with Crippen molar-refractivity contribution in [1.82, 2.24) is 0 Å². The molecular weight excluding hydrogens is 895 g/mol. The molecule has 2 heteroatoms. The van der Waals surface area contributed by atoms with Gasteiger partial charge in [-0.1, -0.05) is 165 Å². The molecule has 0 saturated carbocycles. The van der Waals surface area contributed by atoms with Crippen molar-refractivity contribution >= 4 is 17.1 Å². The smallest absolute Gasteiger partial charge is 0.151 e. The number of fused-ring (bicyclic) bond motifs is 2. The number of rotatable bonds is 15. The summed E-state index contributed by atoms with van der Waals surface area (Å²) in [7, 11) is 0. The van der Waals surface area contributed by atoms with Crippen molar-refractivity contribution in [2.75, 3.05) is 4.90 Å². The molecule has 0 aromatic heterocycles. The van der Waals surface area contributed by atoms with Gasteiger partial charge in [0.25, 0.3) is 0 Å². The second-order valence-corrected chi connectivity index (χ2v) is 21.5. The van der Waals surface area contributed by atoms with Crippen LogP contribution in [0.1, 0.15) is 138 Å². The second-order valence-electron chi connectivity index (χ2n) is 21.5. The summed E-state index contributed by atoms with van der Waals surface area (Å²) in [5.74, 6) is 3.73. The SMILES string of the molecule is CCC(C)c1ccc(-c2cc(-c3ccc(C(C)CC)cc3)cc(-c3cc(-c4cc(-c5ccc(C(C)CC)cc5)cc(-c5ccc(C(C)CC)cc5)c4)cc(N4c5ccc(C)cc5Oc5cc(C)ccc54)c3)c2)cc1. The molecule has 4 unspecified atom stereocenters. The van der Waals surface area contributed by atoms with Crippen LogP contribution in [0.4, 0.5) is 17.1 Å². The lowest BCUT2D eigenvalue weighted by Gasteiger charge is -2.34. The first kappa shape index (κ1) is 50.1. The first-order chi connectivity index (χ1) is 35.9.